The third-order valence-electron chi connectivity index (χ3n) is 2.20. The van der Waals surface area contributed by atoms with E-state index in [1.54, 1.807) is 6.26 Å². The van der Waals surface area contributed by atoms with E-state index in [2.05, 4.69) is 15.3 Å². The summed E-state index contributed by atoms with van der Waals surface area (Å²) in [6.07, 6.45) is 2.55. The Morgan fingerprint density at radius 1 is 1.53 bits per heavy atom. The first-order valence-corrected chi connectivity index (χ1v) is 8.10. The minimum atomic E-state index is -0.744. The van der Waals surface area contributed by atoms with E-state index in [1.807, 2.05) is 11.4 Å². The molecule has 7 heteroatoms. The van der Waals surface area contributed by atoms with E-state index < -0.39 is 10.8 Å². The molecule has 0 aromatic carbocycles. The van der Waals surface area contributed by atoms with Gasteiger partial charge in [0.05, 0.1) is 5.39 Å². The lowest BCUT2D eigenvalue weighted by Gasteiger charge is -2.06. The Hall–Kier alpha value is -0.720. The van der Waals surface area contributed by atoms with Crippen LogP contribution in [0.25, 0.3) is 10.2 Å². The van der Waals surface area contributed by atoms with E-state index in [-0.39, 0.29) is 5.28 Å². The molecule has 17 heavy (non-hydrogen) atoms. The van der Waals surface area contributed by atoms with Crippen LogP contribution < -0.4 is 5.32 Å². The van der Waals surface area contributed by atoms with Crippen molar-refractivity contribution < 1.29 is 4.21 Å². The SMILES string of the molecule is CS(=O)CCCNc1nc(Cl)nc2sccc12. The normalized spacial score (nSPS) is 12.8. The third-order valence-corrected chi connectivity index (χ3v) is 4.04. The van der Waals surface area contributed by atoms with Crippen LogP contribution in [0, 0.1) is 0 Å². The first-order chi connectivity index (χ1) is 8.16. The lowest BCUT2D eigenvalue weighted by atomic mass is 10.3. The number of aromatic nitrogens is 2. The molecule has 92 valence electrons. The van der Waals surface area contributed by atoms with Gasteiger partial charge in [-0.3, -0.25) is 4.21 Å². The van der Waals surface area contributed by atoms with E-state index in [0.717, 1.165) is 29.0 Å². The Balaban J connectivity index is 2.07. The molecule has 0 saturated heterocycles. The van der Waals surface area contributed by atoms with Gasteiger partial charge < -0.3 is 5.32 Å². The highest BCUT2D eigenvalue weighted by Crippen LogP contribution is 2.26. The molecule has 2 aromatic rings. The van der Waals surface area contributed by atoms with Crippen LogP contribution in [-0.4, -0.2) is 32.7 Å². The second-order valence-corrected chi connectivity index (χ2v) is 6.33. The summed E-state index contributed by atoms with van der Waals surface area (Å²) in [5, 5.41) is 6.40. The average Bonchev–Trinajstić information content (AvgIpc) is 2.71. The summed E-state index contributed by atoms with van der Waals surface area (Å²) >= 11 is 7.38. The van der Waals surface area contributed by atoms with Crippen LogP contribution in [0.2, 0.25) is 5.28 Å². The summed E-state index contributed by atoms with van der Waals surface area (Å²) in [7, 11) is -0.744. The Morgan fingerprint density at radius 3 is 3.12 bits per heavy atom. The first kappa shape index (κ1) is 12.7. The summed E-state index contributed by atoms with van der Waals surface area (Å²) in [5.41, 5.74) is 0. The monoisotopic (exact) mass is 289 g/mol. The van der Waals surface area contributed by atoms with Gasteiger partial charge >= 0.3 is 0 Å². The summed E-state index contributed by atoms with van der Waals surface area (Å²) in [6, 6.07) is 1.97. The summed E-state index contributed by atoms with van der Waals surface area (Å²) in [6.45, 7) is 0.734. The number of halogens is 1. The smallest absolute Gasteiger partial charge is 0.225 e. The van der Waals surface area contributed by atoms with Gasteiger partial charge in [-0.25, -0.2) is 9.97 Å². The van der Waals surface area contributed by atoms with E-state index in [0.29, 0.717) is 5.75 Å². The number of nitrogens with one attached hydrogen (secondary N) is 1. The van der Waals surface area contributed by atoms with Gasteiger partial charge in [-0.05, 0) is 29.5 Å². The zero-order valence-electron chi connectivity index (χ0n) is 9.27. The number of nitrogens with zero attached hydrogens (tertiary/aromatic N) is 2. The van der Waals surface area contributed by atoms with Crippen LogP contribution >= 0.6 is 22.9 Å². The van der Waals surface area contributed by atoms with Gasteiger partial charge in [0, 0.05) is 29.4 Å². The topological polar surface area (TPSA) is 54.9 Å². The number of hydrogen-bond acceptors (Lipinski definition) is 5. The van der Waals surface area contributed by atoms with Gasteiger partial charge in [0.2, 0.25) is 5.28 Å². The molecule has 0 fully saturated rings. The molecule has 0 aliphatic heterocycles. The molecule has 0 aliphatic carbocycles. The van der Waals surface area contributed by atoms with Crippen LogP contribution in [0.4, 0.5) is 5.82 Å². The first-order valence-electron chi connectivity index (χ1n) is 5.11. The fraction of sp³-hybridized carbons (Fsp3) is 0.400. The highest BCUT2D eigenvalue weighted by molar-refractivity contribution is 7.84. The predicted molar refractivity (Wildman–Crippen MR) is 74.5 cm³/mol. The lowest BCUT2D eigenvalue weighted by Crippen LogP contribution is -2.07. The molecular formula is C10H12ClN3OS2. The van der Waals surface area contributed by atoms with Crippen molar-refractivity contribution in [2.24, 2.45) is 0 Å². The minimum Gasteiger partial charge on any atom is -0.369 e. The number of rotatable bonds is 5. The van der Waals surface area contributed by atoms with Crippen molar-refractivity contribution in [2.75, 3.05) is 23.9 Å². The summed E-state index contributed by atoms with van der Waals surface area (Å²) < 4.78 is 10.9. The van der Waals surface area contributed by atoms with Gasteiger partial charge in [0.1, 0.15) is 10.6 Å². The maximum atomic E-state index is 10.9. The Kier molecular flexibility index (Phi) is 4.31. The zero-order valence-corrected chi connectivity index (χ0v) is 11.7. The second-order valence-electron chi connectivity index (χ2n) is 3.54. The molecule has 1 unspecified atom stereocenters. The van der Waals surface area contributed by atoms with E-state index in [9.17, 15) is 4.21 Å². The molecule has 1 N–H and O–H groups in total. The minimum absolute atomic E-state index is 0.251. The summed E-state index contributed by atoms with van der Waals surface area (Å²) in [4.78, 5) is 9.18. The van der Waals surface area contributed by atoms with Gasteiger partial charge in [-0.1, -0.05) is 0 Å². The summed E-state index contributed by atoms with van der Waals surface area (Å²) in [5.74, 6) is 1.45. The molecular weight excluding hydrogens is 278 g/mol. The molecule has 2 heterocycles. The molecule has 1 atom stereocenters. The van der Waals surface area contributed by atoms with Crippen molar-refractivity contribution in [1.29, 1.82) is 0 Å². The van der Waals surface area contributed by atoms with Crippen molar-refractivity contribution in [2.45, 2.75) is 6.42 Å². The maximum absolute atomic E-state index is 10.9. The quantitative estimate of drug-likeness (QED) is 0.679. The van der Waals surface area contributed by atoms with E-state index >= 15 is 0 Å². The van der Waals surface area contributed by atoms with Crippen LogP contribution in [0.3, 0.4) is 0 Å². The molecule has 0 bridgehead atoms. The van der Waals surface area contributed by atoms with Crippen LogP contribution in [0.1, 0.15) is 6.42 Å². The molecule has 0 saturated carbocycles. The number of thiophene rings is 1. The number of hydrogen-bond donors (Lipinski definition) is 1. The Bertz CT molecular complexity index is 543. The molecule has 4 nitrogen and oxygen atoms in total. The zero-order chi connectivity index (χ0) is 12.3. The highest BCUT2D eigenvalue weighted by Gasteiger charge is 2.06. The van der Waals surface area contributed by atoms with Crippen LogP contribution in [0.15, 0.2) is 11.4 Å². The molecule has 2 rings (SSSR count). The van der Waals surface area contributed by atoms with Crippen molar-refractivity contribution in [1.82, 2.24) is 9.97 Å². The van der Waals surface area contributed by atoms with Crippen LogP contribution in [0.5, 0.6) is 0 Å². The van der Waals surface area contributed by atoms with Gasteiger partial charge in [-0.2, -0.15) is 0 Å². The third kappa shape index (κ3) is 3.37. The second kappa shape index (κ2) is 5.75. The van der Waals surface area contributed by atoms with Gasteiger partial charge in [0.25, 0.3) is 0 Å². The predicted octanol–water partition coefficient (Wildman–Crippen LogP) is 2.53. The molecule has 0 spiro atoms. The van der Waals surface area contributed by atoms with Crippen molar-refractivity contribution in [3.63, 3.8) is 0 Å². The van der Waals surface area contributed by atoms with Crippen molar-refractivity contribution >= 4 is 49.8 Å². The molecule has 0 radical (unpaired) electrons. The van der Waals surface area contributed by atoms with E-state index in [4.69, 9.17) is 11.6 Å². The van der Waals surface area contributed by atoms with Gasteiger partial charge in [-0.15, -0.1) is 11.3 Å². The molecule has 0 amide bonds. The lowest BCUT2D eigenvalue weighted by molar-refractivity contribution is 0.685. The van der Waals surface area contributed by atoms with E-state index in [1.165, 1.54) is 11.3 Å². The maximum Gasteiger partial charge on any atom is 0.225 e. The van der Waals surface area contributed by atoms with Crippen molar-refractivity contribution in [3.8, 4) is 0 Å². The van der Waals surface area contributed by atoms with Crippen LogP contribution in [-0.2, 0) is 10.8 Å². The molecule has 0 aliphatic rings. The van der Waals surface area contributed by atoms with Gasteiger partial charge in [0.15, 0.2) is 0 Å². The average molecular weight is 290 g/mol. The fourth-order valence-corrected chi connectivity index (χ4v) is 2.98. The Labute approximate surface area is 111 Å². The highest BCUT2D eigenvalue weighted by atomic mass is 35.5. The number of anilines is 1. The fourth-order valence-electron chi connectivity index (χ4n) is 1.45. The largest absolute Gasteiger partial charge is 0.369 e. The Morgan fingerprint density at radius 2 is 2.35 bits per heavy atom. The van der Waals surface area contributed by atoms with Crippen molar-refractivity contribution in [3.05, 3.63) is 16.7 Å². The number of fused-ring (bicyclic) bond motifs is 1. The molecule has 2 aromatic heterocycles. The standard InChI is InChI=1S/C10H12ClN3OS2/c1-17(15)6-2-4-12-8-7-3-5-16-9(7)14-10(11)13-8/h3,5H,2,4,6H2,1H3,(H,12,13,14).